The Balaban J connectivity index is 1.81. The Hall–Kier alpha value is -1.49. The van der Waals surface area contributed by atoms with E-state index in [9.17, 15) is 13.6 Å². The molecule has 0 spiro atoms. The molecule has 0 bridgehead atoms. The minimum atomic E-state index is -0.919. The zero-order chi connectivity index (χ0) is 14.5. The molecule has 1 aromatic rings. The third kappa shape index (κ3) is 4.00. The van der Waals surface area contributed by atoms with E-state index < -0.39 is 11.6 Å². The van der Waals surface area contributed by atoms with Crippen molar-refractivity contribution in [2.75, 3.05) is 13.1 Å². The van der Waals surface area contributed by atoms with Gasteiger partial charge in [-0.05, 0) is 43.0 Å². The molecule has 1 saturated heterocycles. The molecule has 2 unspecified atom stereocenters. The van der Waals surface area contributed by atoms with Crippen LogP contribution in [0.15, 0.2) is 18.2 Å². The van der Waals surface area contributed by atoms with Crippen LogP contribution in [0.25, 0.3) is 0 Å². The molecule has 110 valence electrons. The van der Waals surface area contributed by atoms with Crippen LogP contribution in [0.3, 0.4) is 0 Å². The quantitative estimate of drug-likeness (QED) is 0.887. The van der Waals surface area contributed by atoms with Crippen LogP contribution in [0.1, 0.15) is 25.3 Å². The van der Waals surface area contributed by atoms with E-state index in [1.54, 1.807) is 0 Å². The van der Waals surface area contributed by atoms with Crippen molar-refractivity contribution in [1.82, 2.24) is 10.6 Å². The van der Waals surface area contributed by atoms with Gasteiger partial charge in [-0.1, -0.05) is 13.0 Å². The molecule has 3 nitrogen and oxygen atoms in total. The van der Waals surface area contributed by atoms with Gasteiger partial charge < -0.3 is 10.6 Å². The molecule has 0 aromatic heterocycles. The van der Waals surface area contributed by atoms with Crippen LogP contribution in [0.2, 0.25) is 0 Å². The van der Waals surface area contributed by atoms with Crippen molar-refractivity contribution in [2.45, 2.75) is 32.2 Å². The van der Waals surface area contributed by atoms with Crippen molar-refractivity contribution >= 4 is 5.91 Å². The minimum absolute atomic E-state index is 0.0678. The first kappa shape index (κ1) is 14.9. The summed E-state index contributed by atoms with van der Waals surface area (Å²) in [6, 6.07) is 3.83. The topological polar surface area (TPSA) is 41.1 Å². The molecule has 0 saturated carbocycles. The molecule has 1 fully saturated rings. The molecule has 1 aliphatic heterocycles. The van der Waals surface area contributed by atoms with Crippen molar-refractivity contribution in [3.8, 4) is 0 Å². The van der Waals surface area contributed by atoms with E-state index in [1.165, 1.54) is 12.5 Å². The van der Waals surface area contributed by atoms with Gasteiger partial charge in [0, 0.05) is 12.6 Å². The second-order valence-corrected chi connectivity index (χ2v) is 5.41. The number of hydrogen-bond donors (Lipinski definition) is 2. The number of piperidine rings is 1. The monoisotopic (exact) mass is 282 g/mol. The number of amides is 1. The van der Waals surface area contributed by atoms with Gasteiger partial charge in [-0.3, -0.25) is 4.79 Å². The van der Waals surface area contributed by atoms with Crippen LogP contribution >= 0.6 is 0 Å². The lowest BCUT2D eigenvalue weighted by Gasteiger charge is -2.30. The number of nitrogens with one attached hydrogen (secondary N) is 2. The lowest BCUT2D eigenvalue weighted by Crippen LogP contribution is -2.48. The fourth-order valence-corrected chi connectivity index (χ4v) is 2.51. The molecule has 1 aliphatic rings. The summed E-state index contributed by atoms with van der Waals surface area (Å²) in [5.74, 6) is -1.45. The highest BCUT2D eigenvalue weighted by Crippen LogP contribution is 2.15. The molecule has 2 N–H and O–H groups in total. The number of rotatable bonds is 4. The summed E-state index contributed by atoms with van der Waals surface area (Å²) in [5.41, 5.74) is 0.478. The Labute approximate surface area is 117 Å². The van der Waals surface area contributed by atoms with Gasteiger partial charge in [-0.15, -0.1) is 0 Å². The molecule has 1 aromatic carbocycles. The fourth-order valence-electron chi connectivity index (χ4n) is 2.51. The lowest BCUT2D eigenvalue weighted by molar-refractivity contribution is -0.120. The molecule has 1 amide bonds. The summed E-state index contributed by atoms with van der Waals surface area (Å²) < 4.78 is 25.8. The first-order chi connectivity index (χ1) is 9.56. The molecule has 2 rings (SSSR count). The van der Waals surface area contributed by atoms with Gasteiger partial charge in [0.1, 0.15) is 0 Å². The maximum absolute atomic E-state index is 13.0. The lowest BCUT2D eigenvalue weighted by atomic mass is 9.93. The van der Waals surface area contributed by atoms with Crippen molar-refractivity contribution in [3.05, 3.63) is 35.4 Å². The Morgan fingerprint density at radius 2 is 2.20 bits per heavy atom. The first-order valence-electron chi connectivity index (χ1n) is 7.00. The summed E-state index contributed by atoms with van der Waals surface area (Å²) in [7, 11) is 0. The van der Waals surface area contributed by atoms with Crippen LogP contribution in [-0.4, -0.2) is 25.0 Å². The van der Waals surface area contributed by atoms with Gasteiger partial charge in [0.15, 0.2) is 11.6 Å². The first-order valence-corrected chi connectivity index (χ1v) is 7.00. The number of hydrogen-bond acceptors (Lipinski definition) is 2. The van der Waals surface area contributed by atoms with Crippen molar-refractivity contribution in [1.29, 1.82) is 0 Å². The summed E-state index contributed by atoms with van der Waals surface area (Å²) in [4.78, 5) is 11.8. The van der Waals surface area contributed by atoms with E-state index in [2.05, 4.69) is 17.6 Å². The van der Waals surface area contributed by atoms with E-state index in [0.29, 0.717) is 18.0 Å². The molecule has 0 aliphatic carbocycles. The highest BCUT2D eigenvalue weighted by atomic mass is 19.2. The van der Waals surface area contributed by atoms with Gasteiger partial charge in [-0.2, -0.15) is 0 Å². The second kappa shape index (κ2) is 6.79. The van der Waals surface area contributed by atoms with Gasteiger partial charge in [0.05, 0.1) is 6.42 Å². The average Bonchev–Trinajstić information content (AvgIpc) is 2.42. The Bertz CT molecular complexity index is 479. The van der Waals surface area contributed by atoms with Crippen LogP contribution in [-0.2, 0) is 11.2 Å². The molecule has 1 heterocycles. The van der Waals surface area contributed by atoms with E-state index in [0.717, 1.165) is 25.1 Å². The zero-order valence-corrected chi connectivity index (χ0v) is 11.6. The zero-order valence-electron chi connectivity index (χ0n) is 11.6. The number of carbonyl (C=O) groups excluding carboxylic acids is 1. The van der Waals surface area contributed by atoms with Crippen molar-refractivity contribution in [2.24, 2.45) is 5.92 Å². The van der Waals surface area contributed by atoms with Gasteiger partial charge in [-0.25, -0.2) is 8.78 Å². The number of halogens is 2. The van der Waals surface area contributed by atoms with E-state index in [4.69, 9.17) is 0 Å². The van der Waals surface area contributed by atoms with Gasteiger partial charge in [0.2, 0.25) is 5.91 Å². The molecule has 20 heavy (non-hydrogen) atoms. The van der Waals surface area contributed by atoms with Crippen LogP contribution in [0, 0.1) is 17.6 Å². The van der Waals surface area contributed by atoms with Crippen molar-refractivity contribution in [3.63, 3.8) is 0 Å². The summed E-state index contributed by atoms with van der Waals surface area (Å²) >= 11 is 0. The van der Waals surface area contributed by atoms with Crippen LogP contribution < -0.4 is 10.6 Å². The maximum Gasteiger partial charge on any atom is 0.224 e. The normalized spacial score (nSPS) is 22.6. The third-order valence-electron chi connectivity index (χ3n) is 3.80. The summed E-state index contributed by atoms with van der Waals surface area (Å²) in [5, 5.41) is 6.23. The number of benzene rings is 1. The molecular weight excluding hydrogens is 262 g/mol. The van der Waals surface area contributed by atoms with E-state index in [1.807, 2.05) is 0 Å². The smallest absolute Gasteiger partial charge is 0.224 e. The maximum atomic E-state index is 13.0. The molecular formula is C15H20F2N2O. The largest absolute Gasteiger partial charge is 0.354 e. The summed E-state index contributed by atoms with van der Waals surface area (Å²) in [6.45, 7) is 3.72. The predicted octanol–water partition coefficient (Wildman–Crippen LogP) is 2.01. The highest BCUT2D eigenvalue weighted by Gasteiger charge is 2.20. The predicted molar refractivity (Wildman–Crippen MR) is 73.3 cm³/mol. The molecule has 5 heteroatoms. The Morgan fingerprint density at radius 3 is 2.90 bits per heavy atom. The second-order valence-electron chi connectivity index (χ2n) is 5.41. The molecule has 0 radical (unpaired) electrons. The van der Waals surface area contributed by atoms with E-state index in [-0.39, 0.29) is 18.4 Å². The average molecular weight is 282 g/mol. The fraction of sp³-hybridized carbons (Fsp3) is 0.533. The van der Waals surface area contributed by atoms with Crippen LogP contribution in [0.4, 0.5) is 8.78 Å². The van der Waals surface area contributed by atoms with Gasteiger partial charge in [0.25, 0.3) is 0 Å². The standard InChI is InChI=1S/C15H20F2N2O/c1-10-3-2-6-18-14(10)9-19-15(20)8-11-4-5-12(16)13(17)7-11/h4-5,7,10,14,18H,2-3,6,8-9H2,1H3,(H,19,20). The Kier molecular flexibility index (Phi) is 5.06. The van der Waals surface area contributed by atoms with Crippen LogP contribution in [0.5, 0.6) is 0 Å². The molecule has 2 atom stereocenters. The third-order valence-corrected chi connectivity index (χ3v) is 3.80. The summed E-state index contributed by atoms with van der Waals surface area (Å²) in [6.07, 6.45) is 2.40. The SMILES string of the molecule is CC1CCCNC1CNC(=O)Cc1ccc(F)c(F)c1. The minimum Gasteiger partial charge on any atom is -0.354 e. The Morgan fingerprint density at radius 1 is 1.40 bits per heavy atom. The van der Waals surface area contributed by atoms with Crippen molar-refractivity contribution < 1.29 is 13.6 Å². The van der Waals surface area contributed by atoms with E-state index >= 15 is 0 Å². The highest BCUT2D eigenvalue weighted by molar-refractivity contribution is 5.78. The van der Waals surface area contributed by atoms with Gasteiger partial charge >= 0.3 is 0 Å². The number of carbonyl (C=O) groups is 1.